The third-order valence-corrected chi connectivity index (χ3v) is 3.88. The molecule has 0 radical (unpaired) electrons. The van der Waals surface area contributed by atoms with E-state index in [1.54, 1.807) is 13.0 Å². The Hall–Kier alpha value is -2.70. The number of aryl methyl sites for hydroxylation is 1. The van der Waals surface area contributed by atoms with E-state index in [0.29, 0.717) is 38.5 Å². The molecule has 0 fully saturated rings. The number of benzene rings is 2. The topological polar surface area (TPSA) is 84.9 Å². The molecule has 2 aromatic carbocycles. The van der Waals surface area contributed by atoms with Gasteiger partial charge in [-0.15, -0.1) is 0 Å². The summed E-state index contributed by atoms with van der Waals surface area (Å²) in [6.07, 6.45) is 0. The first-order valence-corrected chi connectivity index (χ1v) is 8.86. The van der Waals surface area contributed by atoms with Crippen molar-refractivity contribution in [2.75, 3.05) is 19.8 Å². The summed E-state index contributed by atoms with van der Waals surface area (Å²) < 4.78 is 10.8. The molecule has 0 aliphatic rings. The van der Waals surface area contributed by atoms with Gasteiger partial charge in [0.05, 0.1) is 25.4 Å². The number of carbonyl (C=O) groups excluding carboxylic acids is 1. The first-order valence-electron chi connectivity index (χ1n) is 8.86. The normalized spacial score (nSPS) is 10.6. The van der Waals surface area contributed by atoms with Crippen LogP contribution in [0.1, 0.15) is 44.3 Å². The Balaban J connectivity index is 1.91. The van der Waals surface area contributed by atoms with Gasteiger partial charge in [-0.1, -0.05) is 24.3 Å². The van der Waals surface area contributed by atoms with E-state index in [0.717, 1.165) is 16.7 Å². The van der Waals surface area contributed by atoms with Crippen LogP contribution in [-0.2, 0) is 22.6 Å². The number of ether oxygens (including phenoxy) is 2. The Morgan fingerprint density at radius 1 is 1.00 bits per heavy atom. The summed E-state index contributed by atoms with van der Waals surface area (Å²) in [7, 11) is 0. The van der Waals surface area contributed by atoms with Gasteiger partial charge in [-0.3, -0.25) is 4.79 Å². The molecule has 0 saturated carbocycles. The summed E-state index contributed by atoms with van der Waals surface area (Å²) in [5.41, 5.74) is 3.13. The van der Waals surface area contributed by atoms with E-state index in [1.807, 2.05) is 31.2 Å². The molecule has 2 aromatic rings. The molecule has 0 aliphatic carbocycles. The number of rotatable bonds is 10. The van der Waals surface area contributed by atoms with Gasteiger partial charge in [0.25, 0.3) is 5.91 Å². The van der Waals surface area contributed by atoms with Crippen LogP contribution >= 0.6 is 0 Å². The average Bonchev–Trinajstić information content (AvgIpc) is 2.65. The SMILES string of the molecule is CCOCCOCc1cccc(CNC(=O)c2cc(C)cc(C(=O)O)c2)c1. The van der Waals surface area contributed by atoms with Crippen LogP contribution in [0.5, 0.6) is 0 Å². The molecule has 6 heteroatoms. The number of amides is 1. The minimum Gasteiger partial charge on any atom is -0.478 e. The van der Waals surface area contributed by atoms with Crippen molar-refractivity contribution in [2.45, 2.75) is 27.0 Å². The quantitative estimate of drug-likeness (QED) is 0.627. The average molecular weight is 371 g/mol. The van der Waals surface area contributed by atoms with Crippen molar-refractivity contribution in [3.8, 4) is 0 Å². The number of carboxylic acid groups (broad SMARTS) is 1. The molecule has 2 N–H and O–H groups in total. The van der Waals surface area contributed by atoms with Gasteiger partial charge in [0.1, 0.15) is 0 Å². The second kappa shape index (κ2) is 10.4. The van der Waals surface area contributed by atoms with Gasteiger partial charge in [0.2, 0.25) is 0 Å². The molecule has 0 bridgehead atoms. The number of hydrogen-bond acceptors (Lipinski definition) is 4. The third-order valence-electron chi connectivity index (χ3n) is 3.88. The maximum absolute atomic E-state index is 12.4. The van der Waals surface area contributed by atoms with Gasteiger partial charge in [0.15, 0.2) is 0 Å². The highest BCUT2D eigenvalue weighted by Crippen LogP contribution is 2.11. The number of nitrogens with one attached hydrogen (secondary N) is 1. The Bertz CT molecular complexity index is 788. The number of carboxylic acids is 1. The van der Waals surface area contributed by atoms with Gasteiger partial charge in [-0.25, -0.2) is 4.79 Å². The van der Waals surface area contributed by atoms with Crippen molar-refractivity contribution >= 4 is 11.9 Å². The molecule has 1 amide bonds. The van der Waals surface area contributed by atoms with Crippen LogP contribution in [-0.4, -0.2) is 36.8 Å². The zero-order chi connectivity index (χ0) is 19.6. The number of aromatic carboxylic acids is 1. The molecule has 6 nitrogen and oxygen atoms in total. The largest absolute Gasteiger partial charge is 0.478 e. The maximum Gasteiger partial charge on any atom is 0.335 e. The van der Waals surface area contributed by atoms with E-state index in [1.165, 1.54) is 12.1 Å². The Kier molecular flexibility index (Phi) is 7.98. The Labute approximate surface area is 159 Å². The van der Waals surface area contributed by atoms with E-state index >= 15 is 0 Å². The van der Waals surface area contributed by atoms with E-state index < -0.39 is 5.97 Å². The molecule has 0 atom stereocenters. The zero-order valence-corrected chi connectivity index (χ0v) is 15.7. The predicted molar refractivity (Wildman–Crippen MR) is 102 cm³/mol. The highest BCUT2D eigenvalue weighted by Gasteiger charge is 2.11. The lowest BCUT2D eigenvalue weighted by molar-refractivity contribution is 0.0453. The van der Waals surface area contributed by atoms with Gasteiger partial charge in [-0.05, 0) is 48.7 Å². The second-order valence-corrected chi connectivity index (χ2v) is 6.15. The molecule has 0 unspecified atom stereocenters. The predicted octanol–water partition coefficient (Wildman–Crippen LogP) is 3.18. The summed E-state index contributed by atoms with van der Waals surface area (Å²) in [6, 6.07) is 12.4. The fraction of sp³-hybridized carbons (Fsp3) is 0.333. The fourth-order valence-electron chi connectivity index (χ4n) is 2.60. The van der Waals surface area contributed by atoms with Gasteiger partial charge in [-0.2, -0.15) is 0 Å². The molecular formula is C21H25NO5. The number of carbonyl (C=O) groups is 2. The van der Waals surface area contributed by atoms with Crippen LogP contribution in [0.2, 0.25) is 0 Å². The van der Waals surface area contributed by atoms with Crippen LogP contribution in [0.15, 0.2) is 42.5 Å². The first kappa shape index (κ1) is 20.6. The van der Waals surface area contributed by atoms with Crippen LogP contribution in [0.4, 0.5) is 0 Å². The molecule has 27 heavy (non-hydrogen) atoms. The third kappa shape index (κ3) is 6.84. The van der Waals surface area contributed by atoms with Crippen LogP contribution in [0.25, 0.3) is 0 Å². The lowest BCUT2D eigenvalue weighted by Crippen LogP contribution is -2.23. The van der Waals surface area contributed by atoms with Crippen molar-refractivity contribution in [2.24, 2.45) is 0 Å². The van der Waals surface area contributed by atoms with E-state index in [4.69, 9.17) is 14.6 Å². The lowest BCUT2D eigenvalue weighted by atomic mass is 10.1. The minimum absolute atomic E-state index is 0.103. The second-order valence-electron chi connectivity index (χ2n) is 6.15. The molecule has 0 saturated heterocycles. The Morgan fingerprint density at radius 2 is 1.70 bits per heavy atom. The smallest absolute Gasteiger partial charge is 0.335 e. The van der Waals surface area contributed by atoms with E-state index in [2.05, 4.69) is 5.32 Å². The molecule has 0 aromatic heterocycles. The van der Waals surface area contributed by atoms with Crippen LogP contribution < -0.4 is 5.32 Å². The molecule has 2 rings (SSSR count). The van der Waals surface area contributed by atoms with Crippen LogP contribution in [0.3, 0.4) is 0 Å². The first-order chi connectivity index (χ1) is 13.0. The fourth-order valence-corrected chi connectivity index (χ4v) is 2.60. The van der Waals surface area contributed by atoms with Gasteiger partial charge < -0.3 is 19.9 Å². The van der Waals surface area contributed by atoms with Crippen molar-refractivity contribution < 1.29 is 24.2 Å². The van der Waals surface area contributed by atoms with Crippen molar-refractivity contribution in [3.63, 3.8) is 0 Å². The number of hydrogen-bond donors (Lipinski definition) is 2. The van der Waals surface area contributed by atoms with Crippen molar-refractivity contribution in [3.05, 3.63) is 70.3 Å². The zero-order valence-electron chi connectivity index (χ0n) is 15.7. The molecule has 144 valence electrons. The lowest BCUT2D eigenvalue weighted by Gasteiger charge is -2.09. The van der Waals surface area contributed by atoms with Gasteiger partial charge in [0, 0.05) is 18.7 Å². The molecule has 0 aliphatic heterocycles. The molecular weight excluding hydrogens is 346 g/mol. The van der Waals surface area contributed by atoms with Gasteiger partial charge >= 0.3 is 5.97 Å². The summed E-state index contributed by atoms with van der Waals surface area (Å²) >= 11 is 0. The van der Waals surface area contributed by atoms with Crippen molar-refractivity contribution in [1.29, 1.82) is 0 Å². The summed E-state index contributed by atoms with van der Waals surface area (Å²) in [4.78, 5) is 23.5. The molecule has 0 heterocycles. The summed E-state index contributed by atoms with van der Waals surface area (Å²) in [6.45, 7) is 6.31. The summed E-state index contributed by atoms with van der Waals surface area (Å²) in [5, 5.41) is 11.9. The monoisotopic (exact) mass is 371 g/mol. The maximum atomic E-state index is 12.4. The standard InChI is InChI=1S/C21H25NO5/c1-3-26-7-8-27-14-17-6-4-5-16(11-17)13-22-20(23)18-9-15(2)10-19(12-18)21(24)25/h4-6,9-12H,3,7-8,13-14H2,1-2H3,(H,22,23)(H,24,25). The van der Waals surface area contributed by atoms with Crippen LogP contribution in [0, 0.1) is 6.92 Å². The van der Waals surface area contributed by atoms with E-state index in [9.17, 15) is 9.59 Å². The molecule has 0 spiro atoms. The highest BCUT2D eigenvalue weighted by atomic mass is 16.5. The van der Waals surface area contributed by atoms with E-state index in [-0.39, 0.29) is 11.5 Å². The highest BCUT2D eigenvalue weighted by molar-refractivity contribution is 5.97. The Morgan fingerprint density at radius 3 is 2.44 bits per heavy atom. The van der Waals surface area contributed by atoms with Crippen molar-refractivity contribution in [1.82, 2.24) is 5.32 Å². The minimum atomic E-state index is -1.05. The summed E-state index contributed by atoms with van der Waals surface area (Å²) in [5.74, 6) is -1.36.